The van der Waals surface area contributed by atoms with Crippen molar-refractivity contribution in [2.24, 2.45) is 5.92 Å². The first-order chi connectivity index (χ1) is 15.4. The van der Waals surface area contributed by atoms with Gasteiger partial charge in [-0.05, 0) is 43.0 Å². The van der Waals surface area contributed by atoms with Gasteiger partial charge in [0.2, 0.25) is 5.88 Å². The molecule has 0 spiro atoms. The Labute approximate surface area is 189 Å². The van der Waals surface area contributed by atoms with Crippen LogP contribution in [0.4, 0.5) is 0 Å². The van der Waals surface area contributed by atoms with E-state index in [4.69, 9.17) is 4.74 Å². The summed E-state index contributed by atoms with van der Waals surface area (Å²) in [5.74, 6) is 0.928. The van der Waals surface area contributed by atoms with Crippen molar-refractivity contribution in [1.82, 2.24) is 14.9 Å². The van der Waals surface area contributed by atoms with Gasteiger partial charge in [-0.15, -0.1) is 0 Å². The van der Waals surface area contributed by atoms with Crippen LogP contribution in [0.3, 0.4) is 0 Å². The number of benzene rings is 2. The van der Waals surface area contributed by atoms with Gasteiger partial charge in [-0.1, -0.05) is 30.3 Å². The first kappa shape index (κ1) is 22.3. The molecule has 4 rings (SSSR count). The third-order valence-corrected chi connectivity index (χ3v) is 6.78. The van der Waals surface area contributed by atoms with E-state index in [0.29, 0.717) is 29.0 Å². The van der Waals surface area contributed by atoms with Crippen LogP contribution in [0.25, 0.3) is 11.3 Å². The van der Waals surface area contributed by atoms with Gasteiger partial charge in [-0.3, -0.25) is 13.9 Å². The molecule has 1 aliphatic heterocycles. The number of rotatable bonds is 6. The van der Waals surface area contributed by atoms with E-state index in [1.165, 1.54) is 6.26 Å². The Morgan fingerprint density at radius 1 is 1.03 bits per heavy atom. The maximum atomic E-state index is 12.6. The molecule has 32 heavy (non-hydrogen) atoms. The standard InChI is InChI=1S/C24H27N3O4S/c1-32(29,30)21-9-7-19(8-10-21)22-15-26-23(16-25-22)31-17-18-11-13-27(14-12-18)24(28)20-5-3-2-4-6-20/h2-10,15-16,18,29-30H,11-14,17H2,1H3. The Kier molecular flexibility index (Phi) is 6.74. The van der Waals surface area contributed by atoms with E-state index >= 15 is 0 Å². The SMILES string of the molecule is CS(O)(O)c1ccc(-c2cnc(OCC3CCN(C(=O)c4ccccc4)CC3)cn2)cc1. The summed E-state index contributed by atoms with van der Waals surface area (Å²) in [5.41, 5.74) is 2.26. The summed E-state index contributed by atoms with van der Waals surface area (Å²) in [6.07, 6.45) is 6.44. The Hall–Kier alpha value is -2.94. The molecule has 7 nitrogen and oxygen atoms in total. The fraction of sp³-hybridized carbons (Fsp3) is 0.292. The van der Waals surface area contributed by atoms with Crippen LogP contribution in [0.15, 0.2) is 71.9 Å². The van der Waals surface area contributed by atoms with Gasteiger partial charge in [-0.2, -0.15) is 10.6 Å². The van der Waals surface area contributed by atoms with Crippen molar-refractivity contribution in [1.29, 1.82) is 0 Å². The molecular formula is C24H27N3O4S. The fourth-order valence-electron chi connectivity index (χ4n) is 3.69. The molecular weight excluding hydrogens is 426 g/mol. The summed E-state index contributed by atoms with van der Waals surface area (Å²) in [4.78, 5) is 23.7. The van der Waals surface area contributed by atoms with E-state index in [-0.39, 0.29) is 5.91 Å². The van der Waals surface area contributed by atoms with E-state index in [9.17, 15) is 13.9 Å². The van der Waals surface area contributed by atoms with Gasteiger partial charge >= 0.3 is 0 Å². The normalized spacial score (nSPS) is 15.4. The van der Waals surface area contributed by atoms with Crippen LogP contribution in [-0.4, -0.2) is 55.8 Å². The number of hydrogen-bond donors (Lipinski definition) is 2. The molecule has 0 unspecified atom stereocenters. The number of hydrogen-bond acceptors (Lipinski definition) is 6. The molecule has 8 heteroatoms. The molecule has 2 aromatic carbocycles. The first-order valence-electron chi connectivity index (χ1n) is 10.5. The average molecular weight is 454 g/mol. The molecule has 0 bridgehead atoms. The van der Waals surface area contributed by atoms with Crippen LogP contribution in [0.5, 0.6) is 5.88 Å². The molecule has 0 saturated carbocycles. The van der Waals surface area contributed by atoms with E-state index in [0.717, 1.165) is 37.1 Å². The van der Waals surface area contributed by atoms with Gasteiger partial charge in [-0.25, -0.2) is 9.97 Å². The van der Waals surface area contributed by atoms with Crippen molar-refractivity contribution >= 4 is 16.5 Å². The van der Waals surface area contributed by atoms with Crippen molar-refractivity contribution in [2.45, 2.75) is 17.7 Å². The second-order valence-electron chi connectivity index (χ2n) is 8.01. The predicted octanol–water partition coefficient (Wildman–Crippen LogP) is 4.81. The lowest BCUT2D eigenvalue weighted by atomic mass is 9.97. The van der Waals surface area contributed by atoms with Gasteiger partial charge in [0, 0.05) is 30.5 Å². The van der Waals surface area contributed by atoms with Crippen LogP contribution in [0.2, 0.25) is 0 Å². The molecule has 0 atom stereocenters. The lowest BCUT2D eigenvalue weighted by Gasteiger charge is -2.31. The van der Waals surface area contributed by atoms with Crippen LogP contribution in [0.1, 0.15) is 23.2 Å². The lowest BCUT2D eigenvalue weighted by Crippen LogP contribution is -2.39. The zero-order chi connectivity index (χ0) is 22.6. The molecule has 1 saturated heterocycles. The number of aromatic nitrogens is 2. The van der Waals surface area contributed by atoms with Crippen molar-refractivity contribution < 1.29 is 18.6 Å². The first-order valence-corrected chi connectivity index (χ1v) is 12.5. The zero-order valence-electron chi connectivity index (χ0n) is 17.9. The molecule has 1 aromatic heterocycles. The fourth-order valence-corrected chi connectivity index (χ4v) is 4.34. The number of carbonyl (C=O) groups excluding carboxylic acids is 1. The minimum absolute atomic E-state index is 0.0865. The van der Waals surface area contributed by atoms with Crippen LogP contribution < -0.4 is 4.74 Å². The second-order valence-corrected chi connectivity index (χ2v) is 10.1. The highest BCUT2D eigenvalue weighted by Crippen LogP contribution is 2.44. The number of nitrogens with zero attached hydrogens (tertiary/aromatic N) is 3. The van der Waals surface area contributed by atoms with E-state index < -0.39 is 10.6 Å². The number of ether oxygens (including phenoxy) is 1. The van der Waals surface area contributed by atoms with Crippen molar-refractivity contribution in [3.63, 3.8) is 0 Å². The topological polar surface area (TPSA) is 95.8 Å². The summed E-state index contributed by atoms with van der Waals surface area (Å²) in [6, 6.07) is 16.3. The molecule has 1 aliphatic rings. The average Bonchev–Trinajstić information content (AvgIpc) is 2.83. The minimum atomic E-state index is -2.73. The van der Waals surface area contributed by atoms with Gasteiger partial charge < -0.3 is 9.64 Å². The van der Waals surface area contributed by atoms with Gasteiger partial charge in [0.1, 0.15) is 0 Å². The largest absolute Gasteiger partial charge is 0.476 e. The maximum absolute atomic E-state index is 12.6. The Balaban J connectivity index is 1.27. The smallest absolute Gasteiger partial charge is 0.253 e. The van der Waals surface area contributed by atoms with Gasteiger partial charge in [0.05, 0.1) is 29.6 Å². The van der Waals surface area contributed by atoms with E-state index in [1.54, 1.807) is 36.7 Å². The molecule has 2 heterocycles. The van der Waals surface area contributed by atoms with Crippen molar-refractivity contribution in [3.8, 4) is 17.1 Å². The summed E-state index contributed by atoms with van der Waals surface area (Å²) >= 11 is 0. The third kappa shape index (κ3) is 5.45. The second kappa shape index (κ2) is 9.68. The molecule has 0 aliphatic carbocycles. The number of piperidine rings is 1. The molecule has 1 fully saturated rings. The molecule has 2 N–H and O–H groups in total. The van der Waals surface area contributed by atoms with Crippen LogP contribution in [-0.2, 0) is 0 Å². The monoisotopic (exact) mass is 453 g/mol. The summed E-state index contributed by atoms with van der Waals surface area (Å²) in [5, 5.41) is 0. The summed E-state index contributed by atoms with van der Waals surface area (Å²) in [7, 11) is -2.73. The summed E-state index contributed by atoms with van der Waals surface area (Å²) in [6.45, 7) is 2.00. The van der Waals surface area contributed by atoms with Gasteiger partial charge in [0.15, 0.2) is 0 Å². The highest BCUT2D eigenvalue weighted by atomic mass is 32.3. The Bertz CT molecular complexity index is 1030. The number of amides is 1. The molecule has 3 aromatic rings. The van der Waals surface area contributed by atoms with Gasteiger partial charge in [0.25, 0.3) is 5.91 Å². The van der Waals surface area contributed by atoms with Crippen LogP contribution >= 0.6 is 10.6 Å². The maximum Gasteiger partial charge on any atom is 0.253 e. The highest BCUT2D eigenvalue weighted by Gasteiger charge is 2.24. The predicted molar refractivity (Wildman–Crippen MR) is 125 cm³/mol. The van der Waals surface area contributed by atoms with Crippen molar-refractivity contribution in [3.05, 3.63) is 72.6 Å². The number of likely N-dealkylation sites (tertiary alicyclic amines) is 1. The molecule has 168 valence electrons. The Morgan fingerprint density at radius 2 is 1.72 bits per heavy atom. The lowest BCUT2D eigenvalue weighted by molar-refractivity contribution is 0.0659. The van der Waals surface area contributed by atoms with Crippen molar-refractivity contribution in [2.75, 3.05) is 26.0 Å². The Morgan fingerprint density at radius 3 is 2.31 bits per heavy atom. The zero-order valence-corrected chi connectivity index (χ0v) is 18.7. The molecule has 0 radical (unpaired) electrons. The van der Waals surface area contributed by atoms with E-state index in [2.05, 4.69) is 9.97 Å². The number of carbonyl (C=O) groups is 1. The minimum Gasteiger partial charge on any atom is -0.476 e. The molecule has 1 amide bonds. The van der Waals surface area contributed by atoms with Crippen LogP contribution in [0, 0.1) is 5.92 Å². The third-order valence-electron chi connectivity index (χ3n) is 5.61. The van der Waals surface area contributed by atoms with E-state index in [1.807, 2.05) is 35.2 Å². The highest BCUT2D eigenvalue weighted by molar-refractivity contribution is 8.23. The quantitative estimate of drug-likeness (QED) is 0.556. The summed E-state index contributed by atoms with van der Waals surface area (Å²) < 4.78 is 25.3.